The van der Waals surface area contributed by atoms with E-state index in [0.29, 0.717) is 20.6 Å². The van der Waals surface area contributed by atoms with E-state index in [4.69, 9.17) is 16.1 Å². The lowest BCUT2D eigenvalue weighted by molar-refractivity contribution is 0.425. The zero-order valence-corrected chi connectivity index (χ0v) is 12.7. The zero-order valence-electron chi connectivity index (χ0n) is 10.3. The van der Waals surface area contributed by atoms with Crippen molar-refractivity contribution in [1.82, 2.24) is 10.1 Å². The Kier molecular flexibility index (Phi) is 3.65. The average Bonchev–Trinajstić information content (AvgIpc) is 2.91. The molecule has 0 spiro atoms. The summed E-state index contributed by atoms with van der Waals surface area (Å²) < 4.78 is 18.7. The van der Waals surface area contributed by atoms with Crippen LogP contribution in [0.2, 0.25) is 5.02 Å². The maximum absolute atomic E-state index is 13.1. The molecule has 0 amide bonds. The first-order valence-electron chi connectivity index (χ1n) is 5.82. The Morgan fingerprint density at radius 1 is 1.14 bits per heavy atom. The monoisotopic (exact) mass is 368 g/mol. The first-order chi connectivity index (χ1) is 10.0. The third kappa shape index (κ3) is 2.77. The highest BCUT2D eigenvalue weighted by Gasteiger charge is 2.16. The van der Waals surface area contributed by atoms with E-state index >= 15 is 0 Å². The molecule has 21 heavy (non-hydrogen) atoms. The first-order valence-corrected chi connectivity index (χ1v) is 7.00. The maximum Gasteiger partial charge on any atom is 0.262 e. The molecule has 0 unspecified atom stereocenters. The van der Waals surface area contributed by atoms with Crippen molar-refractivity contribution in [2.75, 3.05) is 0 Å². The minimum Gasteiger partial charge on any atom is -0.507 e. The van der Waals surface area contributed by atoms with E-state index in [9.17, 15) is 9.50 Å². The number of rotatable bonds is 2. The van der Waals surface area contributed by atoms with E-state index < -0.39 is 0 Å². The van der Waals surface area contributed by atoms with Gasteiger partial charge in [0.25, 0.3) is 5.89 Å². The third-order valence-electron chi connectivity index (χ3n) is 2.79. The first kappa shape index (κ1) is 14.0. The second-order valence-corrected chi connectivity index (χ2v) is 5.50. The van der Waals surface area contributed by atoms with Crippen molar-refractivity contribution in [3.63, 3.8) is 0 Å². The van der Waals surface area contributed by atoms with Crippen LogP contribution >= 0.6 is 27.5 Å². The Balaban J connectivity index is 2.06. The number of aromatic hydroxyl groups is 1. The lowest BCUT2D eigenvalue weighted by Crippen LogP contribution is -1.85. The van der Waals surface area contributed by atoms with Crippen LogP contribution < -0.4 is 0 Å². The second-order valence-electron chi connectivity index (χ2n) is 4.21. The molecule has 3 aromatic rings. The molecule has 7 heteroatoms. The van der Waals surface area contributed by atoms with Gasteiger partial charge in [0.1, 0.15) is 11.6 Å². The molecule has 0 bridgehead atoms. The van der Waals surface area contributed by atoms with Crippen LogP contribution in [-0.4, -0.2) is 15.2 Å². The van der Waals surface area contributed by atoms with Gasteiger partial charge >= 0.3 is 0 Å². The van der Waals surface area contributed by atoms with Gasteiger partial charge in [-0.15, -0.1) is 0 Å². The van der Waals surface area contributed by atoms with Gasteiger partial charge < -0.3 is 9.63 Å². The molecule has 0 aliphatic rings. The van der Waals surface area contributed by atoms with Crippen LogP contribution in [0.5, 0.6) is 5.75 Å². The molecule has 1 aromatic heterocycles. The normalized spacial score (nSPS) is 10.8. The van der Waals surface area contributed by atoms with Crippen LogP contribution in [0.15, 0.2) is 45.4 Å². The minimum atomic E-state index is -0.373. The van der Waals surface area contributed by atoms with Crippen molar-refractivity contribution in [3.05, 3.63) is 51.7 Å². The summed E-state index contributed by atoms with van der Waals surface area (Å²) in [6, 6.07) is 8.65. The van der Waals surface area contributed by atoms with Crippen molar-refractivity contribution in [1.29, 1.82) is 0 Å². The molecule has 0 aliphatic carbocycles. The highest BCUT2D eigenvalue weighted by atomic mass is 79.9. The molecule has 106 valence electrons. The average molecular weight is 370 g/mol. The van der Waals surface area contributed by atoms with Gasteiger partial charge in [-0.2, -0.15) is 4.98 Å². The van der Waals surface area contributed by atoms with Crippen LogP contribution in [0, 0.1) is 5.82 Å². The summed E-state index contributed by atoms with van der Waals surface area (Å²) in [4.78, 5) is 4.19. The Labute approximate surface area is 132 Å². The molecule has 1 N–H and O–H groups in total. The van der Waals surface area contributed by atoms with Gasteiger partial charge in [-0.3, -0.25) is 0 Å². The molecule has 3 rings (SSSR count). The number of hydrogen-bond donors (Lipinski definition) is 1. The molecule has 2 aromatic carbocycles. The SMILES string of the molecule is Oc1ccc(Cl)cc1-c1nc(-c2ccc(F)cc2Br)no1. The van der Waals surface area contributed by atoms with Gasteiger partial charge in [0.05, 0.1) is 5.56 Å². The molecule has 0 radical (unpaired) electrons. The van der Waals surface area contributed by atoms with Crippen molar-refractivity contribution in [3.8, 4) is 28.6 Å². The van der Waals surface area contributed by atoms with Crippen LogP contribution in [-0.2, 0) is 0 Å². The maximum atomic E-state index is 13.1. The van der Waals surface area contributed by atoms with E-state index in [0.717, 1.165) is 0 Å². The van der Waals surface area contributed by atoms with Crippen molar-refractivity contribution >= 4 is 27.5 Å². The van der Waals surface area contributed by atoms with E-state index in [1.807, 2.05) is 0 Å². The summed E-state index contributed by atoms with van der Waals surface area (Å²) in [7, 11) is 0. The number of halogens is 3. The quantitative estimate of drug-likeness (QED) is 0.713. The topological polar surface area (TPSA) is 59.2 Å². The second kappa shape index (κ2) is 5.46. The van der Waals surface area contributed by atoms with Crippen LogP contribution in [0.25, 0.3) is 22.8 Å². The summed E-state index contributed by atoms with van der Waals surface area (Å²) in [5.41, 5.74) is 0.910. The Hall–Kier alpha value is -1.92. The van der Waals surface area contributed by atoms with Crippen LogP contribution in [0.1, 0.15) is 0 Å². The van der Waals surface area contributed by atoms with Gasteiger partial charge in [0.2, 0.25) is 5.82 Å². The molecule has 1 heterocycles. The van der Waals surface area contributed by atoms with Gasteiger partial charge in [0.15, 0.2) is 0 Å². The van der Waals surface area contributed by atoms with Gasteiger partial charge in [-0.25, -0.2) is 4.39 Å². The summed E-state index contributed by atoms with van der Waals surface area (Å²) in [5, 5.41) is 14.1. The summed E-state index contributed by atoms with van der Waals surface area (Å²) in [6.07, 6.45) is 0. The van der Waals surface area contributed by atoms with Gasteiger partial charge in [-0.05, 0) is 52.3 Å². The predicted molar refractivity (Wildman–Crippen MR) is 79.5 cm³/mol. The molecule has 0 saturated carbocycles. The smallest absolute Gasteiger partial charge is 0.262 e. The molecular formula is C14H7BrClFN2O2. The number of hydrogen-bond acceptors (Lipinski definition) is 4. The fraction of sp³-hybridized carbons (Fsp3) is 0. The van der Waals surface area contributed by atoms with E-state index in [-0.39, 0.29) is 23.3 Å². The van der Waals surface area contributed by atoms with Crippen molar-refractivity contribution in [2.45, 2.75) is 0 Å². The fourth-order valence-corrected chi connectivity index (χ4v) is 2.49. The summed E-state index contributed by atoms with van der Waals surface area (Å²) in [5.74, 6) is 0.00655. The molecule has 0 saturated heterocycles. The number of aromatic nitrogens is 2. The molecule has 4 nitrogen and oxygen atoms in total. The van der Waals surface area contributed by atoms with Gasteiger partial charge in [-0.1, -0.05) is 16.8 Å². The van der Waals surface area contributed by atoms with E-state index in [1.54, 1.807) is 6.07 Å². The predicted octanol–water partition coefficient (Wildman–Crippen LogP) is 4.66. The number of phenols is 1. The lowest BCUT2D eigenvalue weighted by Gasteiger charge is -1.99. The van der Waals surface area contributed by atoms with E-state index in [2.05, 4.69) is 26.1 Å². The number of phenolic OH excluding ortho intramolecular Hbond substituents is 1. The largest absolute Gasteiger partial charge is 0.507 e. The van der Waals surface area contributed by atoms with Crippen molar-refractivity contribution < 1.29 is 14.0 Å². The summed E-state index contributed by atoms with van der Waals surface area (Å²) in [6.45, 7) is 0. The third-order valence-corrected chi connectivity index (χ3v) is 3.68. The van der Waals surface area contributed by atoms with E-state index in [1.165, 1.54) is 30.3 Å². The van der Waals surface area contributed by atoms with Crippen LogP contribution in [0.3, 0.4) is 0 Å². The molecular weight excluding hydrogens is 363 g/mol. The van der Waals surface area contributed by atoms with Crippen molar-refractivity contribution in [2.24, 2.45) is 0 Å². The van der Waals surface area contributed by atoms with Gasteiger partial charge in [0, 0.05) is 15.1 Å². The molecule has 0 atom stereocenters. The standard InChI is InChI=1S/C14H7BrClFN2O2/c15-11-6-8(17)2-3-9(11)13-18-14(21-19-13)10-5-7(16)1-4-12(10)20/h1-6,20H. The zero-order chi connectivity index (χ0) is 15.0. The Morgan fingerprint density at radius 3 is 2.71 bits per heavy atom. The Morgan fingerprint density at radius 2 is 1.95 bits per heavy atom. The fourth-order valence-electron chi connectivity index (χ4n) is 1.79. The molecule has 0 fully saturated rings. The summed E-state index contributed by atoms with van der Waals surface area (Å²) >= 11 is 9.13. The highest BCUT2D eigenvalue weighted by Crippen LogP contribution is 2.33. The molecule has 0 aliphatic heterocycles. The highest BCUT2D eigenvalue weighted by molar-refractivity contribution is 9.10. The number of benzene rings is 2. The lowest BCUT2D eigenvalue weighted by atomic mass is 10.2. The number of nitrogens with zero attached hydrogens (tertiary/aromatic N) is 2. The minimum absolute atomic E-state index is 0.0206. The van der Waals surface area contributed by atoms with Crippen LogP contribution in [0.4, 0.5) is 4.39 Å². The Bertz CT molecular complexity index is 822.